The highest BCUT2D eigenvalue weighted by Gasteiger charge is 2.49. The maximum absolute atomic E-state index is 13.6. The van der Waals surface area contributed by atoms with Crippen LogP contribution in [0.4, 0.5) is 11.4 Å². The van der Waals surface area contributed by atoms with E-state index in [1.54, 1.807) is 27.7 Å². The van der Waals surface area contributed by atoms with Crippen molar-refractivity contribution in [3.63, 3.8) is 0 Å². The normalized spacial score (nSPS) is 15.5. The zero-order valence-corrected chi connectivity index (χ0v) is 19.9. The van der Waals surface area contributed by atoms with Crippen molar-refractivity contribution in [2.75, 3.05) is 4.90 Å². The van der Waals surface area contributed by atoms with Gasteiger partial charge in [-0.05, 0) is 45.4 Å². The van der Waals surface area contributed by atoms with Gasteiger partial charge in [-0.25, -0.2) is 9.59 Å². The summed E-state index contributed by atoms with van der Waals surface area (Å²) in [7, 11) is 0. The van der Waals surface area contributed by atoms with Crippen molar-refractivity contribution >= 4 is 29.2 Å². The average molecular weight is 482 g/mol. The third kappa shape index (κ3) is 5.84. The number of nitro groups is 1. The van der Waals surface area contributed by atoms with E-state index in [2.05, 4.69) is 5.32 Å². The van der Waals surface area contributed by atoms with Crippen LogP contribution in [0.25, 0.3) is 0 Å². The van der Waals surface area contributed by atoms with Gasteiger partial charge in [0, 0.05) is 24.4 Å². The monoisotopic (exact) mass is 481 g/mol. The summed E-state index contributed by atoms with van der Waals surface area (Å²) in [5.41, 5.74) is 0.584. The minimum Gasteiger partial charge on any atom is -0.461 e. The second kappa shape index (κ2) is 10.8. The zero-order chi connectivity index (χ0) is 25.7. The molecule has 0 saturated carbocycles. The highest BCUT2D eigenvalue weighted by Crippen LogP contribution is 2.33. The van der Waals surface area contributed by atoms with E-state index < -0.39 is 41.0 Å². The fourth-order valence-electron chi connectivity index (χ4n) is 3.59. The Balaban J connectivity index is 2.10. The number of esters is 2. The van der Waals surface area contributed by atoms with Crippen LogP contribution in [0.2, 0.25) is 0 Å². The Morgan fingerprint density at radius 2 is 1.60 bits per heavy atom. The summed E-state index contributed by atoms with van der Waals surface area (Å²) in [6, 6.07) is 12.9. The molecule has 0 saturated heterocycles. The molecule has 1 heterocycles. The van der Waals surface area contributed by atoms with Gasteiger partial charge in [0.2, 0.25) is 0 Å². The van der Waals surface area contributed by atoms with E-state index in [9.17, 15) is 24.5 Å². The van der Waals surface area contributed by atoms with E-state index >= 15 is 0 Å². The van der Waals surface area contributed by atoms with Gasteiger partial charge in [0.25, 0.3) is 11.6 Å². The standard InChI is InChI=1S/C25H27N3O7/c1-15(2)34-24(30)20-21(26-14-17-8-6-5-7-9-17)23(29)27(22(20)25(31)35-16(3)4)18-10-12-19(13-11-18)28(32)33/h5-13,15-16,22,26H,14H2,1-4H3. The van der Waals surface area contributed by atoms with Gasteiger partial charge < -0.3 is 14.8 Å². The molecule has 2 aromatic carbocycles. The number of ether oxygens (including phenoxy) is 2. The lowest BCUT2D eigenvalue weighted by Crippen LogP contribution is -2.44. The van der Waals surface area contributed by atoms with Gasteiger partial charge in [-0.3, -0.25) is 19.8 Å². The summed E-state index contributed by atoms with van der Waals surface area (Å²) in [5.74, 6) is -2.31. The van der Waals surface area contributed by atoms with Gasteiger partial charge in [0.05, 0.1) is 17.1 Å². The van der Waals surface area contributed by atoms with Gasteiger partial charge in [-0.1, -0.05) is 30.3 Å². The predicted octanol–water partition coefficient (Wildman–Crippen LogP) is 3.26. The van der Waals surface area contributed by atoms with Crippen LogP contribution in [-0.4, -0.2) is 41.0 Å². The summed E-state index contributed by atoms with van der Waals surface area (Å²) in [5, 5.41) is 14.1. The molecule has 1 atom stereocenters. The second-order valence-corrected chi connectivity index (χ2v) is 8.42. The molecule has 1 aliphatic heterocycles. The summed E-state index contributed by atoms with van der Waals surface area (Å²) in [6.45, 7) is 6.81. The van der Waals surface area contributed by atoms with E-state index in [1.165, 1.54) is 24.3 Å². The van der Waals surface area contributed by atoms with Crippen molar-refractivity contribution in [2.24, 2.45) is 0 Å². The first-order valence-electron chi connectivity index (χ1n) is 11.1. The highest BCUT2D eigenvalue weighted by atomic mass is 16.6. The van der Waals surface area contributed by atoms with Crippen LogP contribution >= 0.6 is 0 Å². The summed E-state index contributed by atoms with van der Waals surface area (Å²) in [6.07, 6.45) is -1.02. The van der Waals surface area contributed by atoms with Gasteiger partial charge >= 0.3 is 11.9 Å². The summed E-state index contributed by atoms with van der Waals surface area (Å²) in [4.78, 5) is 51.5. The maximum atomic E-state index is 13.6. The van der Waals surface area contributed by atoms with Gasteiger partial charge in [-0.2, -0.15) is 0 Å². The van der Waals surface area contributed by atoms with Crippen LogP contribution in [0.5, 0.6) is 0 Å². The number of hydrogen-bond acceptors (Lipinski definition) is 8. The minimum absolute atomic E-state index is 0.0939. The molecular formula is C25H27N3O7. The van der Waals surface area contributed by atoms with E-state index in [1.807, 2.05) is 30.3 Å². The summed E-state index contributed by atoms with van der Waals surface area (Å²) < 4.78 is 10.8. The van der Waals surface area contributed by atoms with Crippen molar-refractivity contribution in [2.45, 2.75) is 52.5 Å². The van der Waals surface area contributed by atoms with Crippen molar-refractivity contribution < 1.29 is 28.8 Å². The minimum atomic E-state index is -1.43. The molecule has 0 spiro atoms. The largest absolute Gasteiger partial charge is 0.461 e. The number of carbonyl (C=O) groups excluding carboxylic acids is 3. The van der Waals surface area contributed by atoms with Gasteiger partial charge in [0.15, 0.2) is 6.04 Å². The van der Waals surface area contributed by atoms with Crippen molar-refractivity contribution in [3.8, 4) is 0 Å². The smallest absolute Gasteiger partial charge is 0.339 e. The number of benzene rings is 2. The van der Waals surface area contributed by atoms with Crippen LogP contribution in [0.15, 0.2) is 65.9 Å². The van der Waals surface area contributed by atoms with Crippen LogP contribution in [0, 0.1) is 10.1 Å². The van der Waals surface area contributed by atoms with E-state index in [4.69, 9.17) is 9.47 Å². The average Bonchev–Trinajstić information content (AvgIpc) is 3.10. The van der Waals surface area contributed by atoms with E-state index in [0.29, 0.717) is 0 Å². The molecule has 0 bridgehead atoms. The van der Waals surface area contributed by atoms with Crippen molar-refractivity contribution in [1.82, 2.24) is 5.32 Å². The number of carbonyl (C=O) groups is 3. The number of nitrogens with zero attached hydrogens (tertiary/aromatic N) is 2. The molecule has 3 rings (SSSR count). The van der Waals surface area contributed by atoms with Crippen LogP contribution in [-0.2, 0) is 30.4 Å². The fourth-order valence-corrected chi connectivity index (χ4v) is 3.59. The Morgan fingerprint density at radius 1 is 1.00 bits per heavy atom. The second-order valence-electron chi connectivity index (χ2n) is 8.42. The molecule has 0 radical (unpaired) electrons. The van der Waals surface area contributed by atoms with Crippen LogP contribution < -0.4 is 10.2 Å². The quantitative estimate of drug-likeness (QED) is 0.328. The Labute approximate surface area is 202 Å². The van der Waals surface area contributed by atoms with E-state index in [0.717, 1.165) is 10.5 Å². The molecule has 1 amide bonds. The molecule has 184 valence electrons. The maximum Gasteiger partial charge on any atom is 0.339 e. The molecule has 0 fully saturated rings. The topological polar surface area (TPSA) is 128 Å². The van der Waals surface area contributed by atoms with Gasteiger partial charge in [-0.15, -0.1) is 0 Å². The lowest BCUT2D eigenvalue weighted by atomic mass is 10.1. The lowest BCUT2D eigenvalue weighted by molar-refractivity contribution is -0.384. The first-order chi connectivity index (χ1) is 16.6. The zero-order valence-electron chi connectivity index (χ0n) is 19.9. The number of nitrogens with one attached hydrogen (secondary N) is 1. The van der Waals surface area contributed by atoms with Crippen molar-refractivity contribution in [1.29, 1.82) is 0 Å². The Kier molecular flexibility index (Phi) is 7.85. The van der Waals surface area contributed by atoms with Crippen molar-refractivity contribution in [3.05, 3.63) is 81.5 Å². The molecule has 2 aromatic rings. The van der Waals surface area contributed by atoms with Gasteiger partial charge in [0.1, 0.15) is 11.3 Å². The third-order valence-corrected chi connectivity index (χ3v) is 5.02. The molecular weight excluding hydrogens is 454 g/mol. The first-order valence-corrected chi connectivity index (χ1v) is 11.1. The molecule has 1 N–H and O–H groups in total. The molecule has 35 heavy (non-hydrogen) atoms. The molecule has 0 aliphatic carbocycles. The Hall–Kier alpha value is -4.21. The SMILES string of the molecule is CC(C)OC(=O)C1=C(NCc2ccccc2)C(=O)N(c2ccc([N+](=O)[O-])cc2)C1C(=O)OC(C)C. The number of non-ortho nitro benzene ring substituents is 1. The summed E-state index contributed by atoms with van der Waals surface area (Å²) >= 11 is 0. The van der Waals surface area contributed by atoms with Crippen LogP contribution in [0.1, 0.15) is 33.3 Å². The lowest BCUT2D eigenvalue weighted by Gasteiger charge is -2.26. The first kappa shape index (κ1) is 25.4. The Morgan fingerprint density at radius 3 is 2.14 bits per heavy atom. The number of nitro benzene ring substituents is 1. The number of rotatable bonds is 9. The fraction of sp³-hybridized carbons (Fsp3) is 0.320. The molecule has 0 aromatic heterocycles. The number of hydrogen-bond donors (Lipinski definition) is 1. The Bertz CT molecular complexity index is 1140. The number of anilines is 1. The molecule has 1 unspecified atom stereocenters. The number of amides is 1. The van der Waals surface area contributed by atoms with Crippen LogP contribution in [0.3, 0.4) is 0 Å². The highest BCUT2D eigenvalue weighted by molar-refractivity contribution is 6.20. The predicted molar refractivity (Wildman–Crippen MR) is 127 cm³/mol. The van der Waals surface area contributed by atoms with E-state index in [-0.39, 0.29) is 29.2 Å². The molecule has 10 nitrogen and oxygen atoms in total. The molecule has 1 aliphatic rings. The molecule has 10 heteroatoms. The third-order valence-electron chi connectivity index (χ3n) is 5.02.